The number of sulfonamides is 1. The molecule has 3 aromatic rings. The summed E-state index contributed by atoms with van der Waals surface area (Å²) in [6, 6.07) is 8.86. The number of nitrogens with one attached hydrogen (secondary N) is 1. The molecule has 0 radical (unpaired) electrons. The fraction of sp³-hybridized carbons (Fsp3) is 0.476. The summed E-state index contributed by atoms with van der Waals surface area (Å²) in [4.78, 5) is 4.75. The molecular weight excluding hydrogens is 392 g/mol. The van der Waals surface area contributed by atoms with Gasteiger partial charge in [-0.1, -0.05) is 18.2 Å². The Kier molecular flexibility index (Phi) is 3.55. The van der Waals surface area contributed by atoms with E-state index in [4.69, 9.17) is 9.40 Å². The third-order valence-corrected chi connectivity index (χ3v) is 9.06. The van der Waals surface area contributed by atoms with Crippen LogP contribution >= 0.6 is 11.3 Å². The second-order valence-corrected chi connectivity index (χ2v) is 11.4. The van der Waals surface area contributed by atoms with Crippen LogP contribution in [0.3, 0.4) is 0 Å². The number of para-hydroxylation sites is 1. The second kappa shape index (κ2) is 5.83. The number of hydrogen-bond acceptors (Lipinski definition) is 5. The standard InChI is InChI=1S/C21H22N2O3S2/c24-28(25,19-8-16-3-1-2-4-17(16)26-19)23-20-22-18(12-27-20)21-9-13-5-14(10-21)7-15(6-13)11-21/h1-4,8,12-15H,5-7,9-11H2,(H,22,23). The highest BCUT2D eigenvalue weighted by Crippen LogP contribution is 2.60. The maximum absolute atomic E-state index is 12.8. The van der Waals surface area contributed by atoms with Crippen molar-refractivity contribution in [3.05, 3.63) is 41.4 Å². The van der Waals surface area contributed by atoms with E-state index in [0.717, 1.165) is 28.8 Å². The number of anilines is 1. The molecule has 2 heterocycles. The van der Waals surface area contributed by atoms with Crippen molar-refractivity contribution in [1.29, 1.82) is 0 Å². The summed E-state index contributed by atoms with van der Waals surface area (Å²) in [6.07, 6.45) is 7.81. The van der Waals surface area contributed by atoms with E-state index in [1.807, 2.05) is 18.2 Å². The summed E-state index contributed by atoms with van der Waals surface area (Å²) < 4.78 is 33.8. The van der Waals surface area contributed by atoms with Crippen molar-refractivity contribution < 1.29 is 12.8 Å². The molecule has 4 aliphatic carbocycles. The van der Waals surface area contributed by atoms with Gasteiger partial charge in [-0.05, 0) is 62.3 Å². The van der Waals surface area contributed by atoms with Gasteiger partial charge in [0.25, 0.3) is 10.0 Å². The second-order valence-electron chi connectivity index (χ2n) is 8.94. The number of fused-ring (bicyclic) bond motifs is 1. The first-order chi connectivity index (χ1) is 13.5. The fourth-order valence-corrected chi connectivity index (χ4v) is 8.30. The number of benzene rings is 1. The van der Waals surface area contributed by atoms with Crippen LogP contribution in [0.15, 0.2) is 45.2 Å². The summed E-state index contributed by atoms with van der Waals surface area (Å²) in [5.74, 6) is 2.51. The minimum absolute atomic E-state index is 0.0692. The predicted molar refractivity (Wildman–Crippen MR) is 109 cm³/mol. The van der Waals surface area contributed by atoms with E-state index in [1.165, 1.54) is 49.9 Å². The van der Waals surface area contributed by atoms with Crippen molar-refractivity contribution in [3.8, 4) is 0 Å². The molecule has 5 nitrogen and oxygen atoms in total. The fourth-order valence-electron chi connectivity index (χ4n) is 6.24. The largest absolute Gasteiger partial charge is 0.443 e. The quantitative estimate of drug-likeness (QED) is 0.640. The minimum Gasteiger partial charge on any atom is -0.443 e. The summed E-state index contributed by atoms with van der Waals surface area (Å²) >= 11 is 1.38. The van der Waals surface area contributed by atoms with Crippen LogP contribution in [0.4, 0.5) is 5.13 Å². The first-order valence-electron chi connectivity index (χ1n) is 9.97. The molecule has 1 aromatic carbocycles. The molecule has 0 spiro atoms. The van der Waals surface area contributed by atoms with Crippen LogP contribution in [0, 0.1) is 17.8 Å². The lowest BCUT2D eigenvalue weighted by Gasteiger charge is -2.56. The number of rotatable bonds is 4. The van der Waals surface area contributed by atoms with Crippen LogP contribution in [0.25, 0.3) is 11.0 Å². The molecule has 0 saturated heterocycles. The zero-order chi connectivity index (χ0) is 18.9. The summed E-state index contributed by atoms with van der Waals surface area (Å²) in [6.45, 7) is 0. The molecule has 0 unspecified atom stereocenters. The molecule has 0 atom stereocenters. The Hall–Kier alpha value is -1.86. The van der Waals surface area contributed by atoms with Crippen molar-refractivity contribution in [2.75, 3.05) is 4.72 Å². The van der Waals surface area contributed by atoms with Crippen molar-refractivity contribution in [2.45, 2.75) is 49.0 Å². The number of furan rings is 1. The monoisotopic (exact) mass is 414 g/mol. The first-order valence-corrected chi connectivity index (χ1v) is 12.3. The lowest BCUT2D eigenvalue weighted by atomic mass is 9.49. The topological polar surface area (TPSA) is 72.2 Å². The molecule has 2 aromatic heterocycles. The molecule has 7 heteroatoms. The molecule has 0 aliphatic heterocycles. The van der Waals surface area contributed by atoms with Crippen molar-refractivity contribution in [3.63, 3.8) is 0 Å². The van der Waals surface area contributed by atoms with E-state index in [9.17, 15) is 8.42 Å². The zero-order valence-electron chi connectivity index (χ0n) is 15.4. The highest BCUT2D eigenvalue weighted by molar-refractivity contribution is 7.92. The number of hydrogen-bond donors (Lipinski definition) is 1. The lowest BCUT2D eigenvalue weighted by Crippen LogP contribution is -2.48. The summed E-state index contributed by atoms with van der Waals surface area (Å²) in [7, 11) is -3.79. The lowest BCUT2D eigenvalue weighted by molar-refractivity contribution is -0.00688. The number of aromatic nitrogens is 1. The molecule has 146 valence electrons. The molecule has 1 N–H and O–H groups in total. The highest BCUT2D eigenvalue weighted by Gasteiger charge is 2.52. The molecule has 7 rings (SSSR count). The Bertz CT molecular complexity index is 1090. The summed E-state index contributed by atoms with van der Waals surface area (Å²) in [5.41, 5.74) is 1.84. The molecule has 4 fully saturated rings. The minimum atomic E-state index is -3.79. The molecule has 4 aliphatic rings. The van der Waals surface area contributed by atoms with Crippen molar-refractivity contribution >= 4 is 37.5 Å². The Balaban J connectivity index is 1.29. The third kappa shape index (κ3) is 2.63. The van der Waals surface area contributed by atoms with Crippen LogP contribution < -0.4 is 4.72 Å². The van der Waals surface area contributed by atoms with Gasteiger partial charge in [0, 0.05) is 22.2 Å². The van der Waals surface area contributed by atoms with Crippen LogP contribution in [-0.2, 0) is 15.4 Å². The van der Waals surface area contributed by atoms with E-state index >= 15 is 0 Å². The normalized spacial score (nSPS) is 31.5. The third-order valence-electron chi connectivity index (χ3n) is 6.98. The number of nitrogens with zero attached hydrogens (tertiary/aromatic N) is 1. The smallest absolute Gasteiger partial charge is 0.297 e. The van der Waals surface area contributed by atoms with E-state index < -0.39 is 10.0 Å². The van der Waals surface area contributed by atoms with Crippen molar-refractivity contribution in [2.24, 2.45) is 17.8 Å². The van der Waals surface area contributed by atoms with Gasteiger partial charge >= 0.3 is 0 Å². The van der Waals surface area contributed by atoms with E-state index in [1.54, 1.807) is 12.1 Å². The van der Waals surface area contributed by atoms with Gasteiger partial charge in [0.2, 0.25) is 5.09 Å². The highest BCUT2D eigenvalue weighted by atomic mass is 32.2. The van der Waals surface area contributed by atoms with Gasteiger partial charge in [-0.15, -0.1) is 11.3 Å². The van der Waals surface area contributed by atoms with Gasteiger partial charge in [-0.2, -0.15) is 8.42 Å². The van der Waals surface area contributed by atoms with Gasteiger partial charge in [-0.3, -0.25) is 4.72 Å². The molecular formula is C21H22N2O3S2. The van der Waals surface area contributed by atoms with Gasteiger partial charge < -0.3 is 4.42 Å². The Morgan fingerprint density at radius 2 is 1.75 bits per heavy atom. The average molecular weight is 415 g/mol. The van der Waals surface area contributed by atoms with Crippen LogP contribution in [0.2, 0.25) is 0 Å². The number of thiazole rings is 1. The van der Waals surface area contributed by atoms with E-state index in [0.29, 0.717) is 10.7 Å². The SMILES string of the molecule is O=S(=O)(Nc1nc(C23CC4CC(CC(C4)C2)C3)cs1)c1cc2ccccc2o1. The maximum atomic E-state index is 12.8. The Morgan fingerprint density at radius 1 is 1.07 bits per heavy atom. The Labute approximate surface area is 168 Å². The van der Waals surface area contributed by atoms with Gasteiger partial charge in [0.1, 0.15) is 5.58 Å². The van der Waals surface area contributed by atoms with Crippen molar-refractivity contribution in [1.82, 2.24) is 4.98 Å². The van der Waals surface area contributed by atoms with Gasteiger partial charge in [0.05, 0.1) is 5.69 Å². The molecule has 4 saturated carbocycles. The Morgan fingerprint density at radius 3 is 2.43 bits per heavy atom. The molecule has 4 bridgehead atoms. The van der Waals surface area contributed by atoms with Crippen LogP contribution in [-0.4, -0.2) is 13.4 Å². The zero-order valence-corrected chi connectivity index (χ0v) is 17.1. The summed E-state index contributed by atoms with van der Waals surface area (Å²) in [5, 5.41) is 3.21. The van der Waals surface area contributed by atoms with E-state index in [2.05, 4.69) is 10.1 Å². The maximum Gasteiger partial charge on any atom is 0.297 e. The predicted octanol–water partition coefficient (Wildman–Crippen LogP) is 5.16. The molecule has 28 heavy (non-hydrogen) atoms. The average Bonchev–Trinajstić information content (AvgIpc) is 3.27. The van der Waals surface area contributed by atoms with Gasteiger partial charge in [0.15, 0.2) is 5.13 Å². The van der Waals surface area contributed by atoms with Crippen LogP contribution in [0.5, 0.6) is 0 Å². The van der Waals surface area contributed by atoms with Gasteiger partial charge in [-0.25, -0.2) is 4.98 Å². The molecule has 0 amide bonds. The first kappa shape index (κ1) is 17.0. The van der Waals surface area contributed by atoms with E-state index in [-0.39, 0.29) is 10.5 Å². The van der Waals surface area contributed by atoms with Crippen LogP contribution in [0.1, 0.15) is 44.2 Å².